The summed E-state index contributed by atoms with van der Waals surface area (Å²) in [6.07, 6.45) is -0.830. The number of rotatable bonds is 14. The van der Waals surface area contributed by atoms with Gasteiger partial charge in [0, 0.05) is 26.1 Å². The van der Waals surface area contributed by atoms with E-state index in [1.54, 1.807) is 7.05 Å². The standard InChI is InChI=1S/C29H40N2O7/c1-29(2,3)38-27(32)30-13-15-34-17-19-36-20-18-35-16-14-31(4)28(33)37-21-26-24-11-7-5-9-22(24)23-10-6-8-12-25(23)26/h5-12,26H,13-21H2,1-4H3,(H,30,32). The third-order valence-corrected chi connectivity index (χ3v) is 5.88. The third kappa shape index (κ3) is 9.31. The summed E-state index contributed by atoms with van der Waals surface area (Å²) in [5.74, 6) is 0.0402. The normalized spacial score (nSPS) is 12.5. The summed E-state index contributed by atoms with van der Waals surface area (Å²) in [6, 6.07) is 16.5. The van der Waals surface area contributed by atoms with Crippen molar-refractivity contribution >= 4 is 12.2 Å². The van der Waals surface area contributed by atoms with Crippen molar-refractivity contribution in [3.63, 3.8) is 0 Å². The Balaban J connectivity index is 1.20. The minimum Gasteiger partial charge on any atom is -0.448 e. The average Bonchev–Trinajstić information content (AvgIpc) is 3.20. The SMILES string of the molecule is CN(CCOCCOCCOCCNC(=O)OC(C)(C)C)C(=O)OCC1c2ccccc2-c2ccccc21. The van der Waals surface area contributed by atoms with Crippen LogP contribution in [0, 0.1) is 0 Å². The maximum Gasteiger partial charge on any atom is 0.409 e. The van der Waals surface area contributed by atoms with Gasteiger partial charge in [-0.25, -0.2) is 9.59 Å². The highest BCUT2D eigenvalue weighted by atomic mass is 16.6. The van der Waals surface area contributed by atoms with Crippen LogP contribution >= 0.6 is 0 Å². The van der Waals surface area contributed by atoms with E-state index >= 15 is 0 Å². The van der Waals surface area contributed by atoms with Crippen molar-refractivity contribution in [2.24, 2.45) is 0 Å². The molecule has 3 rings (SSSR count). The van der Waals surface area contributed by atoms with Crippen molar-refractivity contribution in [2.75, 3.05) is 66.4 Å². The number of amides is 2. The van der Waals surface area contributed by atoms with Gasteiger partial charge in [-0.1, -0.05) is 48.5 Å². The van der Waals surface area contributed by atoms with Crippen molar-refractivity contribution in [1.29, 1.82) is 0 Å². The summed E-state index contributed by atoms with van der Waals surface area (Å²) in [6.45, 7) is 8.97. The fourth-order valence-corrected chi connectivity index (χ4v) is 4.08. The number of carbonyl (C=O) groups is 2. The summed E-state index contributed by atoms with van der Waals surface area (Å²) in [4.78, 5) is 25.5. The summed E-state index contributed by atoms with van der Waals surface area (Å²) in [5.41, 5.74) is 4.27. The van der Waals surface area contributed by atoms with Crippen LogP contribution in [0.1, 0.15) is 37.8 Å². The maximum absolute atomic E-state index is 12.5. The number of nitrogens with zero attached hydrogens (tertiary/aromatic N) is 1. The van der Waals surface area contributed by atoms with Crippen LogP contribution in [0.5, 0.6) is 0 Å². The molecule has 0 atom stereocenters. The number of alkyl carbamates (subject to hydrolysis) is 1. The first-order valence-electron chi connectivity index (χ1n) is 13.0. The minimum atomic E-state index is -0.518. The molecule has 0 aliphatic heterocycles. The number of hydrogen-bond acceptors (Lipinski definition) is 7. The fourth-order valence-electron chi connectivity index (χ4n) is 4.08. The van der Waals surface area contributed by atoms with Crippen LogP contribution in [-0.2, 0) is 23.7 Å². The van der Waals surface area contributed by atoms with Crippen LogP contribution < -0.4 is 5.32 Å². The summed E-state index contributed by atoms with van der Waals surface area (Å²) in [7, 11) is 1.70. The van der Waals surface area contributed by atoms with E-state index < -0.39 is 11.7 Å². The molecule has 9 heteroatoms. The van der Waals surface area contributed by atoms with Crippen LogP contribution in [0.2, 0.25) is 0 Å². The van der Waals surface area contributed by atoms with E-state index in [0.29, 0.717) is 59.3 Å². The Kier molecular flexibility index (Phi) is 11.4. The molecule has 1 aliphatic carbocycles. The zero-order valence-electron chi connectivity index (χ0n) is 22.9. The smallest absolute Gasteiger partial charge is 0.409 e. The first-order chi connectivity index (χ1) is 18.3. The number of benzene rings is 2. The molecule has 38 heavy (non-hydrogen) atoms. The van der Waals surface area contributed by atoms with Crippen molar-refractivity contribution in [2.45, 2.75) is 32.3 Å². The zero-order valence-corrected chi connectivity index (χ0v) is 22.9. The molecular weight excluding hydrogens is 488 g/mol. The minimum absolute atomic E-state index is 0.0402. The van der Waals surface area contributed by atoms with Gasteiger partial charge in [0.1, 0.15) is 12.2 Å². The predicted octanol–water partition coefficient (Wildman–Crippen LogP) is 4.44. The molecule has 0 spiro atoms. The summed E-state index contributed by atoms with van der Waals surface area (Å²) < 4.78 is 27.2. The Bertz CT molecular complexity index is 992. The number of fused-ring (bicyclic) bond motifs is 3. The molecule has 0 radical (unpaired) electrons. The molecule has 208 valence electrons. The molecule has 0 saturated carbocycles. The molecule has 2 aromatic carbocycles. The molecule has 9 nitrogen and oxygen atoms in total. The van der Waals surface area contributed by atoms with Crippen molar-refractivity contribution in [1.82, 2.24) is 10.2 Å². The van der Waals surface area contributed by atoms with Gasteiger partial charge in [-0.15, -0.1) is 0 Å². The lowest BCUT2D eigenvalue weighted by molar-refractivity contribution is 0.0107. The third-order valence-electron chi connectivity index (χ3n) is 5.88. The summed E-state index contributed by atoms with van der Waals surface area (Å²) >= 11 is 0. The Morgan fingerprint density at radius 3 is 1.92 bits per heavy atom. The highest BCUT2D eigenvalue weighted by Crippen LogP contribution is 2.44. The first kappa shape index (κ1) is 29.4. The van der Waals surface area contributed by atoms with Crippen LogP contribution in [0.4, 0.5) is 9.59 Å². The Morgan fingerprint density at radius 1 is 0.816 bits per heavy atom. The van der Waals surface area contributed by atoms with Gasteiger partial charge in [0.05, 0.1) is 39.6 Å². The quantitative estimate of drug-likeness (QED) is 0.362. The number of likely N-dealkylation sites (N-methyl/N-ethyl adjacent to an activating group) is 1. The highest BCUT2D eigenvalue weighted by molar-refractivity contribution is 5.79. The Hall–Kier alpha value is -3.14. The van der Waals surface area contributed by atoms with E-state index in [0.717, 1.165) is 0 Å². The first-order valence-corrected chi connectivity index (χ1v) is 13.0. The molecule has 0 aromatic heterocycles. The second-order valence-electron chi connectivity index (χ2n) is 9.99. The van der Waals surface area contributed by atoms with E-state index in [4.69, 9.17) is 23.7 Å². The number of nitrogens with one attached hydrogen (secondary N) is 1. The molecule has 0 fully saturated rings. The van der Waals surface area contributed by atoms with Gasteiger partial charge in [-0.05, 0) is 43.0 Å². The van der Waals surface area contributed by atoms with Crippen molar-refractivity contribution in [3.05, 3.63) is 59.7 Å². The monoisotopic (exact) mass is 528 g/mol. The van der Waals surface area contributed by atoms with Gasteiger partial charge in [0.2, 0.25) is 0 Å². The summed E-state index contributed by atoms with van der Waals surface area (Å²) in [5, 5.41) is 2.63. The van der Waals surface area contributed by atoms with Gasteiger partial charge >= 0.3 is 12.2 Å². The predicted molar refractivity (Wildman–Crippen MR) is 144 cm³/mol. The highest BCUT2D eigenvalue weighted by Gasteiger charge is 2.29. The number of ether oxygens (including phenoxy) is 5. The topological polar surface area (TPSA) is 95.6 Å². The zero-order chi connectivity index (χ0) is 27.4. The van der Waals surface area contributed by atoms with E-state index in [-0.39, 0.29) is 12.0 Å². The average molecular weight is 529 g/mol. The molecule has 2 aromatic rings. The van der Waals surface area contributed by atoms with Crippen LogP contribution in [0.3, 0.4) is 0 Å². The molecule has 0 saturated heterocycles. The Morgan fingerprint density at radius 2 is 1.34 bits per heavy atom. The van der Waals surface area contributed by atoms with Crippen LogP contribution in [0.25, 0.3) is 11.1 Å². The van der Waals surface area contributed by atoms with Gasteiger partial charge in [0.15, 0.2) is 0 Å². The van der Waals surface area contributed by atoms with Crippen molar-refractivity contribution in [3.8, 4) is 11.1 Å². The molecule has 0 unspecified atom stereocenters. The van der Waals surface area contributed by atoms with Gasteiger partial charge in [-0.3, -0.25) is 0 Å². The second-order valence-corrected chi connectivity index (χ2v) is 9.99. The molecule has 0 bridgehead atoms. The lowest BCUT2D eigenvalue weighted by Gasteiger charge is -2.19. The van der Waals surface area contributed by atoms with Crippen LogP contribution in [-0.4, -0.2) is 89.1 Å². The fraction of sp³-hybridized carbons (Fsp3) is 0.517. The Labute approximate surface area is 225 Å². The van der Waals surface area contributed by atoms with E-state index in [9.17, 15) is 9.59 Å². The molecule has 0 heterocycles. The van der Waals surface area contributed by atoms with Crippen LogP contribution in [0.15, 0.2) is 48.5 Å². The molecule has 1 aliphatic rings. The molecule has 1 N–H and O–H groups in total. The van der Waals surface area contributed by atoms with Gasteiger partial charge in [0.25, 0.3) is 0 Å². The van der Waals surface area contributed by atoms with Crippen molar-refractivity contribution < 1.29 is 33.3 Å². The number of hydrogen-bond donors (Lipinski definition) is 1. The van der Waals surface area contributed by atoms with Gasteiger partial charge in [-0.2, -0.15) is 0 Å². The van der Waals surface area contributed by atoms with E-state index in [1.807, 2.05) is 45.0 Å². The van der Waals surface area contributed by atoms with E-state index in [2.05, 4.69) is 29.6 Å². The molecule has 2 amide bonds. The largest absolute Gasteiger partial charge is 0.448 e. The van der Waals surface area contributed by atoms with Gasteiger partial charge < -0.3 is 33.9 Å². The second kappa shape index (κ2) is 14.7. The maximum atomic E-state index is 12.5. The van der Waals surface area contributed by atoms with E-state index in [1.165, 1.54) is 27.2 Å². The lowest BCUT2D eigenvalue weighted by Crippen LogP contribution is -2.34. The lowest BCUT2D eigenvalue weighted by atomic mass is 9.98. The molecular formula is C29H40N2O7. The number of carbonyl (C=O) groups excluding carboxylic acids is 2.